The molecule has 1 aromatic rings. The Morgan fingerprint density at radius 2 is 2.00 bits per heavy atom. The molecule has 21 heavy (non-hydrogen) atoms. The zero-order chi connectivity index (χ0) is 15.5. The van der Waals surface area contributed by atoms with E-state index in [-0.39, 0.29) is 6.10 Å². The number of nitrogens with zero attached hydrogens (tertiary/aromatic N) is 2. The zero-order valence-corrected chi connectivity index (χ0v) is 12.8. The summed E-state index contributed by atoms with van der Waals surface area (Å²) < 4.78 is 32.2. The van der Waals surface area contributed by atoms with Crippen LogP contribution in [0.25, 0.3) is 0 Å². The van der Waals surface area contributed by atoms with Crippen molar-refractivity contribution >= 4 is 16.2 Å². The Kier molecular flexibility index (Phi) is 4.79. The summed E-state index contributed by atoms with van der Waals surface area (Å²) in [5.74, 6) is 0.389. The smallest absolute Gasteiger partial charge is 0.409 e. The fourth-order valence-corrected chi connectivity index (χ4v) is 2.75. The standard InChI is InChI=1S/C13H18N2O5S/c1-10-3-4-12(9-14-10)19-13(16)15-7-5-11(6-8-15)20-21(2,17)18/h3-4,9,11H,5-8H2,1-2H3. The van der Waals surface area contributed by atoms with Gasteiger partial charge in [-0.15, -0.1) is 0 Å². The Bertz CT molecular complexity index is 591. The highest BCUT2D eigenvalue weighted by molar-refractivity contribution is 7.86. The third kappa shape index (κ3) is 4.98. The minimum Gasteiger partial charge on any atom is -0.409 e. The summed E-state index contributed by atoms with van der Waals surface area (Å²) in [6.07, 6.45) is 2.62. The Labute approximate surface area is 124 Å². The summed E-state index contributed by atoms with van der Waals surface area (Å²) in [7, 11) is -3.46. The van der Waals surface area contributed by atoms with E-state index in [9.17, 15) is 13.2 Å². The van der Waals surface area contributed by atoms with Crippen molar-refractivity contribution in [3.05, 3.63) is 24.0 Å². The molecule has 0 N–H and O–H groups in total. The van der Waals surface area contributed by atoms with Crippen LogP contribution >= 0.6 is 0 Å². The van der Waals surface area contributed by atoms with E-state index in [0.717, 1.165) is 11.9 Å². The average molecular weight is 314 g/mol. The first-order valence-corrected chi connectivity index (χ1v) is 8.43. The second-order valence-corrected chi connectivity index (χ2v) is 6.59. The molecule has 0 aromatic carbocycles. The Balaban J connectivity index is 1.84. The molecular weight excluding hydrogens is 296 g/mol. The van der Waals surface area contributed by atoms with Crippen LogP contribution < -0.4 is 4.74 Å². The van der Waals surface area contributed by atoms with Gasteiger partial charge in [0.25, 0.3) is 10.1 Å². The van der Waals surface area contributed by atoms with Crippen LogP contribution in [0.5, 0.6) is 5.75 Å². The molecular formula is C13H18N2O5S. The number of aryl methyl sites for hydroxylation is 1. The molecule has 0 spiro atoms. The highest BCUT2D eigenvalue weighted by Gasteiger charge is 2.26. The van der Waals surface area contributed by atoms with Gasteiger partial charge in [-0.25, -0.2) is 4.79 Å². The van der Waals surface area contributed by atoms with Crippen LogP contribution in [0.4, 0.5) is 4.79 Å². The van der Waals surface area contributed by atoms with Gasteiger partial charge in [-0.3, -0.25) is 9.17 Å². The van der Waals surface area contributed by atoms with E-state index in [2.05, 4.69) is 4.98 Å². The van der Waals surface area contributed by atoms with E-state index in [1.807, 2.05) is 6.92 Å². The third-order valence-corrected chi connectivity index (χ3v) is 3.72. The van der Waals surface area contributed by atoms with Crippen LogP contribution in [0.1, 0.15) is 18.5 Å². The summed E-state index contributed by atoms with van der Waals surface area (Å²) in [5, 5.41) is 0. The lowest BCUT2D eigenvalue weighted by atomic mass is 10.1. The van der Waals surface area contributed by atoms with Gasteiger partial charge in [0.05, 0.1) is 18.6 Å². The molecule has 2 rings (SSSR count). The predicted octanol–water partition coefficient (Wildman–Crippen LogP) is 1.33. The molecule has 1 saturated heterocycles. The SMILES string of the molecule is Cc1ccc(OC(=O)N2CCC(OS(C)(=O)=O)CC2)cn1. The topological polar surface area (TPSA) is 85.8 Å². The number of aromatic nitrogens is 1. The van der Waals surface area contributed by atoms with Crippen LogP contribution in [0, 0.1) is 6.92 Å². The van der Waals surface area contributed by atoms with Crippen LogP contribution in [-0.2, 0) is 14.3 Å². The van der Waals surface area contributed by atoms with E-state index in [1.54, 1.807) is 12.1 Å². The van der Waals surface area contributed by atoms with Gasteiger partial charge in [-0.05, 0) is 31.9 Å². The molecule has 2 heterocycles. The summed E-state index contributed by atoms with van der Waals surface area (Å²) in [6, 6.07) is 3.44. The first-order chi connectivity index (χ1) is 9.83. The first kappa shape index (κ1) is 15.7. The van der Waals surface area contributed by atoms with Crippen molar-refractivity contribution in [1.29, 1.82) is 0 Å². The van der Waals surface area contributed by atoms with E-state index in [0.29, 0.717) is 31.7 Å². The van der Waals surface area contributed by atoms with Crippen molar-refractivity contribution < 1.29 is 22.1 Å². The zero-order valence-electron chi connectivity index (χ0n) is 12.0. The number of likely N-dealkylation sites (tertiary alicyclic amines) is 1. The van der Waals surface area contributed by atoms with Gasteiger partial charge in [0, 0.05) is 18.8 Å². The van der Waals surface area contributed by atoms with Crippen LogP contribution in [0.2, 0.25) is 0 Å². The number of pyridine rings is 1. The molecule has 0 unspecified atom stereocenters. The maximum atomic E-state index is 12.0. The lowest BCUT2D eigenvalue weighted by molar-refractivity contribution is 0.0971. The van der Waals surface area contributed by atoms with Crippen LogP contribution in [0.15, 0.2) is 18.3 Å². The number of hydrogen-bond donors (Lipinski definition) is 0. The first-order valence-electron chi connectivity index (χ1n) is 6.61. The monoisotopic (exact) mass is 314 g/mol. The molecule has 0 radical (unpaired) electrons. The summed E-state index contributed by atoms with van der Waals surface area (Å²) >= 11 is 0. The maximum absolute atomic E-state index is 12.0. The highest BCUT2D eigenvalue weighted by Crippen LogP contribution is 2.17. The molecule has 1 aromatic heterocycles. The number of amides is 1. The predicted molar refractivity (Wildman–Crippen MR) is 75.5 cm³/mol. The van der Waals surface area contributed by atoms with Crippen LogP contribution in [0.3, 0.4) is 0 Å². The summed E-state index contributed by atoms with van der Waals surface area (Å²) in [5.41, 5.74) is 0.841. The normalized spacial score (nSPS) is 16.8. The van der Waals surface area contributed by atoms with Crippen LogP contribution in [-0.4, -0.2) is 49.8 Å². The van der Waals surface area contributed by atoms with Gasteiger partial charge < -0.3 is 9.64 Å². The van der Waals surface area contributed by atoms with Gasteiger partial charge in [-0.2, -0.15) is 8.42 Å². The van der Waals surface area contributed by atoms with E-state index in [1.165, 1.54) is 11.1 Å². The fraction of sp³-hybridized carbons (Fsp3) is 0.538. The summed E-state index contributed by atoms with van der Waals surface area (Å²) in [4.78, 5) is 17.5. The van der Waals surface area contributed by atoms with Gasteiger partial charge in [0.15, 0.2) is 5.75 Å². The molecule has 0 saturated carbocycles. The molecule has 1 amide bonds. The molecule has 7 nitrogen and oxygen atoms in total. The number of piperidine rings is 1. The Morgan fingerprint density at radius 3 is 2.52 bits per heavy atom. The fourth-order valence-electron chi connectivity index (χ4n) is 2.06. The Morgan fingerprint density at radius 1 is 1.33 bits per heavy atom. The second kappa shape index (κ2) is 6.40. The lowest BCUT2D eigenvalue weighted by Crippen LogP contribution is -2.42. The molecule has 0 bridgehead atoms. The lowest BCUT2D eigenvalue weighted by Gasteiger charge is -2.30. The van der Waals surface area contributed by atoms with Crippen molar-refractivity contribution in [2.45, 2.75) is 25.9 Å². The molecule has 116 valence electrons. The summed E-state index contributed by atoms with van der Waals surface area (Å²) in [6.45, 7) is 2.65. The van der Waals surface area contributed by atoms with Crippen molar-refractivity contribution in [3.8, 4) is 5.75 Å². The average Bonchev–Trinajstić information content (AvgIpc) is 2.40. The number of rotatable bonds is 3. The van der Waals surface area contributed by atoms with Gasteiger partial charge in [0.2, 0.25) is 0 Å². The van der Waals surface area contributed by atoms with Gasteiger partial charge in [-0.1, -0.05) is 0 Å². The van der Waals surface area contributed by atoms with Crippen molar-refractivity contribution in [1.82, 2.24) is 9.88 Å². The molecule has 8 heteroatoms. The number of ether oxygens (including phenoxy) is 1. The van der Waals surface area contributed by atoms with E-state index >= 15 is 0 Å². The highest BCUT2D eigenvalue weighted by atomic mass is 32.2. The molecule has 0 atom stereocenters. The Hall–Kier alpha value is -1.67. The van der Waals surface area contributed by atoms with Crippen molar-refractivity contribution in [3.63, 3.8) is 0 Å². The van der Waals surface area contributed by atoms with Crippen molar-refractivity contribution in [2.24, 2.45) is 0 Å². The number of carbonyl (C=O) groups excluding carboxylic acids is 1. The molecule has 1 aliphatic rings. The van der Waals surface area contributed by atoms with E-state index in [4.69, 9.17) is 8.92 Å². The minimum atomic E-state index is -3.46. The molecule has 1 fully saturated rings. The largest absolute Gasteiger partial charge is 0.415 e. The molecule has 1 aliphatic heterocycles. The van der Waals surface area contributed by atoms with Gasteiger partial charge >= 0.3 is 6.09 Å². The third-order valence-electron chi connectivity index (χ3n) is 3.10. The number of carbonyl (C=O) groups is 1. The van der Waals surface area contributed by atoms with Gasteiger partial charge in [0.1, 0.15) is 0 Å². The quantitative estimate of drug-likeness (QED) is 0.782. The maximum Gasteiger partial charge on any atom is 0.415 e. The molecule has 0 aliphatic carbocycles. The second-order valence-electron chi connectivity index (χ2n) is 4.99. The van der Waals surface area contributed by atoms with Crippen molar-refractivity contribution in [2.75, 3.05) is 19.3 Å². The number of hydrogen-bond acceptors (Lipinski definition) is 6. The minimum absolute atomic E-state index is 0.370. The van der Waals surface area contributed by atoms with E-state index < -0.39 is 16.2 Å².